The van der Waals surface area contributed by atoms with Crippen LogP contribution in [0.2, 0.25) is 0 Å². The topological polar surface area (TPSA) is 108 Å². The van der Waals surface area contributed by atoms with E-state index in [-0.39, 0.29) is 38.2 Å². The molecule has 0 aliphatic rings. The molecular weight excluding hydrogens is 935 g/mol. The zero-order chi connectivity index (χ0) is 54.8. The van der Waals surface area contributed by atoms with Crippen LogP contribution < -0.4 is 0 Å². The van der Waals surface area contributed by atoms with Gasteiger partial charge in [0.25, 0.3) is 6.29 Å². The first-order chi connectivity index (χ1) is 36.6. The summed E-state index contributed by atoms with van der Waals surface area (Å²) in [7, 11) is 5.99. The summed E-state index contributed by atoms with van der Waals surface area (Å²) in [5, 5.41) is 9.71. The van der Waals surface area contributed by atoms with Crippen molar-refractivity contribution >= 4 is 17.9 Å². The molecule has 75 heavy (non-hydrogen) atoms. The first kappa shape index (κ1) is 73.3. The van der Waals surface area contributed by atoms with Crippen LogP contribution in [0.3, 0.4) is 0 Å². The number of aliphatic carboxylic acids is 1. The summed E-state index contributed by atoms with van der Waals surface area (Å²) in [4.78, 5) is 37.4. The van der Waals surface area contributed by atoms with Gasteiger partial charge in [0.05, 0.1) is 34.4 Å². The molecule has 0 rings (SSSR count). The summed E-state index contributed by atoms with van der Waals surface area (Å²) in [5.41, 5.74) is 0. The fraction of sp³-hybridized carbons (Fsp3) is 0.955. The highest BCUT2D eigenvalue weighted by Crippen LogP contribution is 2.19. The van der Waals surface area contributed by atoms with E-state index in [4.69, 9.17) is 18.9 Å². The van der Waals surface area contributed by atoms with Crippen LogP contribution in [0.25, 0.3) is 0 Å². The molecule has 0 aliphatic carbocycles. The summed E-state index contributed by atoms with van der Waals surface area (Å²) in [6.07, 6.45) is 65.1. The Morgan fingerprint density at radius 1 is 0.347 bits per heavy atom. The number of esters is 2. The van der Waals surface area contributed by atoms with Gasteiger partial charge in [-0.1, -0.05) is 322 Å². The van der Waals surface area contributed by atoms with Crippen molar-refractivity contribution in [2.75, 3.05) is 47.5 Å². The van der Waals surface area contributed by atoms with Gasteiger partial charge in [-0.05, 0) is 12.8 Å². The normalized spacial score (nSPS) is 12.6. The van der Waals surface area contributed by atoms with Crippen molar-refractivity contribution in [1.29, 1.82) is 0 Å². The minimum atomic E-state index is -1.50. The summed E-state index contributed by atoms with van der Waals surface area (Å²) >= 11 is 0. The van der Waals surface area contributed by atoms with Gasteiger partial charge in [-0.15, -0.1) is 0 Å². The quantitative estimate of drug-likeness (QED) is 0.0278. The van der Waals surface area contributed by atoms with Gasteiger partial charge in [-0.25, -0.2) is 4.79 Å². The van der Waals surface area contributed by atoms with Crippen LogP contribution >= 0.6 is 0 Å². The number of nitrogens with zero attached hydrogens (tertiary/aromatic N) is 1. The molecular formula is C66H130NO8+. The third-order valence-corrected chi connectivity index (χ3v) is 15.4. The number of carboxylic acids is 1. The van der Waals surface area contributed by atoms with E-state index in [1.807, 2.05) is 21.1 Å². The second-order valence-electron chi connectivity index (χ2n) is 24.2. The SMILES string of the molecule is CCCCCCCCCCCCCCCCCCCCCCCCCCCCCCCCCCCCCC(=O)OC(COC(=O)CCCCCCCCCCCCCCCCC)COC(OCC[N+](C)(C)C)C(=O)O. The Labute approximate surface area is 466 Å². The molecule has 0 bridgehead atoms. The number of carboxylic acid groups (broad SMARTS) is 1. The maximum atomic E-state index is 12.9. The van der Waals surface area contributed by atoms with E-state index in [0.29, 0.717) is 17.4 Å². The molecule has 0 aliphatic heterocycles. The molecule has 2 unspecified atom stereocenters. The smallest absolute Gasteiger partial charge is 0.361 e. The number of unbranched alkanes of at least 4 members (excludes halogenated alkanes) is 48. The average molecular weight is 1070 g/mol. The largest absolute Gasteiger partial charge is 0.477 e. The Morgan fingerprint density at radius 2 is 0.600 bits per heavy atom. The Hall–Kier alpha value is -1.71. The lowest BCUT2D eigenvalue weighted by atomic mass is 10.0. The number of likely N-dealkylation sites (N-methyl/N-ethyl adjacent to an activating group) is 1. The van der Waals surface area contributed by atoms with Crippen LogP contribution in [0.5, 0.6) is 0 Å². The van der Waals surface area contributed by atoms with Crippen LogP contribution in [0, 0.1) is 0 Å². The number of carbonyl (C=O) groups is 3. The number of hydrogen-bond donors (Lipinski definition) is 1. The highest BCUT2D eigenvalue weighted by molar-refractivity contribution is 5.71. The fourth-order valence-electron chi connectivity index (χ4n) is 10.3. The van der Waals surface area contributed by atoms with E-state index in [9.17, 15) is 19.5 Å². The standard InChI is InChI=1S/C66H129NO8/c1-6-8-10-12-14-16-18-20-22-23-24-25-26-27-28-29-30-31-32-33-34-35-36-37-38-39-40-41-43-45-47-49-51-53-55-57-64(69)75-62(61-74-66(65(70)71)72-59-58-67(3,4)5)60-73-63(68)56-54-52-50-48-46-44-42-21-19-17-15-13-11-9-7-2/h62,66H,6-61H2,1-5H3/p+1. The van der Waals surface area contributed by atoms with Crippen LogP contribution in [0.1, 0.15) is 348 Å². The van der Waals surface area contributed by atoms with Crippen molar-refractivity contribution in [3.05, 3.63) is 0 Å². The second-order valence-corrected chi connectivity index (χ2v) is 24.2. The predicted molar refractivity (Wildman–Crippen MR) is 318 cm³/mol. The summed E-state index contributed by atoms with van der Waals surface area (Å²) in [5.74, 6) is -1.97. The molecule has 0 fully saturated rings. The first-order valence-electron chi connectivity index (χ1n) is 33.2. The second kappa shape index (κ2) is 58.4. The van der Waals surface area contributed by atoms with E-state index in [2.05, 4.69) is 13.8 Å². The molecule has 9 heteroatoms. The van der Waals surface area contributed by atoms with Crippen molar-refractivity contribution in [1.82, 2.24) is 0 Å². The number of ether oxygens (including phenoxy) is 4. The van der Waals surface area contributed by atoms with Gasteiger partial charge < -0.3 is 28.5 Å². The summed E-state index contributed by atoms with van der Waals surface area (Å²) in [6.45, 7) is 4.95. The van der Waals surface area contributed by atoms with Crippen molar-refractivity contribution in [3.63, 3.8) is 0 Å². The number of quaternary nitrogens is 1. The van der Waals surface area contributed by atoms with Gasteiger partial charge in [-0.3, -0.25) is 9.59 Å². The predicted octanol–water partition coefficient (Wildman–Crippen LogP) is 19.9. The maximum absolute atomic E-state index is 12.9. The molecule has 446 valence electrons. The van der Waals surface area contributed by atoms with Gasteiger partial charge >= 0.3 is 17.9 Å². The zero-order valence-corrected chi connectivity index (χ0v) is 51.0. The fourth-order valence-corrected chi connectivity index (χ4v) is 10.3. The van der Waals surface area contributed by atoms with Crippen LogP contribution in [0.15, 0.2) is 0 Å². The number of hydrogen-bond acceptors (Lipinski definition) is 7. The zero-order valence-electron chi connectivity index (χ0n) is 51.0. The van der Waals surface area contributed by atoms with Gasteiger partial charge in [0.1, 0.15) is 13.2 Å². The highest BCUT2D eigenvalue weighted by Gasteiger charge is 2.25. The lowest BCUT2D eigenvalue weighted by Crippen LogP contribution is -2.40. The van der Waals surface area contributed by atoms with E-state index in [0.717, 1.165) is 38.5 Å². The molecule has 0 radical (unpaired) electrons. The molecule has 0 saturated carbocycles. The highest BCUT2D eigenvalue weighted by atomic mass is 16.7. The molecule has 0 saturated heterocycles. The Morgan fingerprint density at radius 3 is 0.853 bits per heavy atom. The van der Waals surface area contributed by atoms with Crippen LogP contribution in [0.4, 0.5) is 0 Å². The molecule has 0 spiro atoms. The molecule has 0 amide bonds. The molecule has 0 aromatic rings. The van der Waals surface area contributed by atoms with E-state index in [1.54, 1.807) is 0 Å². The van der Waals surface area contributed by atoms with Crippen molar-refractivity contribution in [2.24, 2.45) is 0 Å². The first-order valence-corrected chi connectivity index (χ1v) is 33.2. The number of carbonyl (C=O) groups excluding carboxylic acids is 2. The monoisotopic (exact) mass is 1060 g/mol. The van der Waals surface area contributed by atoms with Gasteiger partial charge in [0, 0.05) is 12.8 Å². The maximum Gasteiger partial charge on any atom is 0.361 e. The van der Waals surface area contributed by atoms with Crippen molar-refractivity contribution < 1.29 is 42.9 Å². The van der Waals surface area contributed by atoms with E-state index in [1.165, 1.54) is 283 Å². The van der Waals surface area contributed by atoms with E-state index >= 15 is 0 Å². The lowest BCUT2D eigenvalue weighted by molar-refractivity contribution is -0.870. The Bertz CT molecular complexity index is 1190. The van der Waals surface area contributed by atoms with Crippen molar-refractivity contribution in [3.8, 4) is 0 Å². The van der Waals surface area contributed by atoms with Crippen LogP contribution in [-0.4, -0.2) is 87.4 Å². The molecule has 9 nitrogen and oxygen atoms in total. The summed E-state index contributed by atoms with van der Waals surface area (Å²) < 4.78 is 22.9. The van der Waals surface area contributed by atoms with Gasteiger partial charge in [0.15, 0.2) is 6.10 Å². The molecule has 0 aromatic carbocycles. The van der Waals surface area contributed by atoms with Crippen LogP contribution in [-0.2, 0) is 33.3 Å². The third-order valence-electron chi connectivity index (χ3n) is 15.4. The van der Waals surface area contributed by atoms with Gasteiger partial charge in [-0.2, -0.15) is 0 Å². The minimum Gasteiger partial charge on any atom is -0.477 e. The average Bonchev–Trinajstić information content (AvgIpc) is 3.38. The molecule has 0 aromatic heterocycles. The minimum absolute atomic E-state index is 0.172. The molecule has 1 N–H and O–H groups in total. The van der Waals surface area contributed by atoms with Crippen molar-refractivity contribution in [2.45, 2.75) is 360 Å². The Balaban J connectivity index is 3.96. The Kier molecular flexibility index (Phi) is 57.1. The van der Waals surface area contributed by atoms with Gasteiger partial charge in [0.2, 0.25) is 0 Å². The summed E-state index contributed by atoms with van der Waals surface area (Å²) in [6, 6.07) is 0. The third kappa shape index (κ3) is 59.8. The molecule has 2 atom stereocenters. The number of rotatable bonds is 63. The lowest BCUT2D eigenvalue weighted by Gasteiger charge is -2.25. The molecule has 0 heterocycles. The van der Waals surface area contributed by atoms with E-state index < -0.39 is 18.4 Å².